The van der Waals surface area contributed by atoms with Gasteiger partial charge in [0.2, 0.25) is 0 Å². The summed E-state index contributed by atoms with van der Waals surface area (Å²) in [4.78, 5) is 2.69. The molecule has 2 unspecified atom stereocenters. The first-order valence-electron chi connectivity index (χ1n) is 4.64. The molecule has 0 N–H and O–H groups in total. The summed E-state index contributed by atoms with van der Waals surface area (Å²) < 4.78 is 0. The van der Waals surface area contributed by atoms with E-state index in [4.69, 9.17) is 0 Å². The van der Waals surface area contributed by atoms with Crippen LogP contribution in [0.3, 0.4) is 0 Å². The van der Waals surface area contributed by atoms with Crippen molar-refractivity contribution >= 4 is 0 Å². The van der Waals surface area contributed by atoms with Crippen LogP contribution in [0.1, 0.15) is 32.6 Å². The lowest BCUT2D eigenvalue weighted by Gasteiger charge is -2.25. The van der Waals surface area contributed by atoms with Crippen molar-refractivity contribution in [3.05, 3.63) is 0 Å². The third kappa shape index (κ3) is 0.968. The molecule has 1 aliphatic heterocycles. The maximum Gasteiger partial charge on any atom is 0.00985 e. The normalized spacial score (nSPS) is 39.3. The van der Waals surface area contributed by atoms with Crippen molar-refractivity contribution in [3.63, 3.8) is 0 Å². The molecule has 1 heteroatoms. The summed E-state index contributed by atoms with van der Waals surface area (Å²) in [7, 11) is 0. The highest BCUT2D eigenvalue weighted by molar-refractivity contribution is 4.91. The highest BCUT2D eigenvalue weighted by Crippen LogP contribution is 2.36. The van der Waals surface area contributed by atoms with Gasteiger partial charge in [0.25, 0.3) is 0 Å². The zero-order valence-corrected chi connectivity index (χ0v) is 6.84. The molecule has 10 heavy (non-hydrogen) atoms. The monoisotopic (exact) mass is 139 g/mol. The fourth-order valence-corrected chi connectivity index (χ4v) is 2.59. The van der Waals surface area contributed by atoms with E-state index in [1.807, 2.05) is 0 Å². The van der Waals surface area contributed by atoms with E-state index >= 15 is 0 Å². The van der Waals surface area contributed by atoms with Crippen LogP contribution in [0.2, 0.25) is 0 Å². The van der Waals surface area contributed by atoms with Crippen molar-refractivity contribution in [2.45, 2.75) is 38.6 Å². The molecule has 2 atom stereocenters. The van der Waals surface area contributed by atoms with Gasteiger partial charge in [-0.2, -0.15) is 0 Å². The van der Waals surface area contributed by atoms with Gasteiger partial charge in [-0.05, 0) is 38.1 Å². The van der Waals surface area contributed by atoms with Gasteiger partial charge < -0.3 is 4.90 Å². The van der Waals surface area contributed by atoms with E-state index in [9.17, 15) is 0 Å². The Balaban J connectivity index is 1.90. The molecular formula is C9H17N. The number of hydrogen-bond donors (Lipinski definition) is 0. The fraction of sp³-hybridized carbons (Fsp3) is 1.00. The maximum absolute atomic E-state index is 2.69. The topological polar surface area (TPSA) is 3.24 Å². The molecule has 1 saturated carbocycles. The van der Waals surface area contributed by atoms with Crippen LogP contribution >= 0.6 is 0 Å². The Labute approximate surface area is 63.4 Å². The number of hydrogen-bond acceptors (Lipinski definition) is 1. The standard InChI is InChI=1S/C9H17N/c1-2-5-10-7-8-3-4-9(10)6-8/h8-9H,2-7H2,1H3. The minimum absolute atomic E-state index is 0.991. The highest BCUT2D eigenvalue weighted by atomic mass is 15.2. The lowest BCUT2D eigenvalue weighted by Crippen LogP contribution is -2.32. The van der Waals surface area contributed by atoms with E-state index in [0.717, 1.165) is 12.0 Å². The molecule has 2 bridgehead atoms. The molecule has 0 aromatic heterocycles. The quantitative estimate of drug-likeness (QED) is 0.564. The van der Waals surface area contributed by atoms with E-state index in [1.165, 1.54) is 38.8 Å². The lowest BCUT2D eigenvalue weighted by molar-refractivity contribution is 0.214. The molecule has 0 aromatic rings. The predicted molar refractivity (Wildman–Crippen MR) is 43.0 cm³/mol. The van der Waals surface area contributed by atoms with Gasteiger partial charge in [0, 0.05) is 12.6 Å². The lowest BCUT2D eigenvalue weighted by atomic mass is 10.1. The maximum atomic E-state index is 2.69. The van der Waals surface area contributed by atoms with Crippen molar-refractivity contribution in [2.24, 2.45) is 5.92 Å². The van der Waals surface area contributed by atoms with Crippen LogP contribution in [0.4, 0.5) is 0 Å². The van der Waals surface area contributed by atoms with E-state index in [1.54, 1.807) is 0 Å². The van der Waals surface area contributed by atoms with Gasteiger partial charge in [0.15, 0.2) is 0 Å². The fourth-order valence-electron chi connectivity index (χ4n) is 2.59. The van der Waals surface area contributed by atoms with Gasteiger partial charge in [-0.3, -0.25) is 0 Å². The highest BCUT2D eigenvalue weighted by Gasteiger charge is 2.36. The van der Waals surface area contributed by atoms with E-state index in [2.05, 4.69) is 11.8 Å². The zero-order valence-electron chi connectivity index (χ0n) is 6.84. The molecule has 0 radical (unpaired) electrons. The second kappa shape index (κ2) is 2.54. The number of fused-ring (bicyclic) bond motifs is 2. The molecule has 1 aliphatic carbocycles. The average Bonchev–Trinajstić information content (AvgIpc) is 2.48. The van der Waals surface area contributed by atoms with Crippen molar-refractivity contribution in [1.29, 1.82) is 0 Å². The molecular weight excluding hydrogens is 122 g/mol. The molecule has 1 heterocycles. The third-order valence-corrected chi connectivity index (χ3v) is 3.03. The summed E-state index contributed by atoms with van der Waals surface area (Å²) in [6.45, 7) is 5.05. The van der Waals surface area contributed by atoms with Gasteiger partial charge in [-0.15, -0.1) is 0 Å². The van der Waals surface area contributed by atoms with E-state index < -0.39 is 0 Å². The number of likely N-dealkylation sites (tertiary alicyclic amines) is 1. The summed E-state index contributed by atoms with van der Waals surface area (Å²) in [5, 5.41) is 0. The van der Waals surface area contributed by atoms with Crippen LogP contribution in [-0.4, -0.2) is 24.0 Å². The second-order valence-corrected chi connectivity index (χ2v) is 3.83. The Bertz CT molecular complexity index is 122. The first-order chi connectivity index (χ1) is 4.90. The summed E-state index contributed by atoms with van der Waals surface area (Å²) in [5.41, 5.74) is 0. The Hall–Kier alpha value is -0.0400. The largest absolute Gasteiger partial charge is 0.300 e. The minimum atomic E-state index is 0.991. The van der Waals surface area contributed by atoms with Crippen LogP contribution in [0.5, 0.6) is 0 Å². The summed E-state index contributed by atoms with van der Waals surface area (Å²) >= 11 is 0. The van der Waals surface area contributed by atoms with Gasteiger partial charge in [0.1, 0.15) is 0 Å². The molecule has 1 saturated heterocycles. The molecule has 0 aromatic carbocycles. The van der Waals surface area contributed by atoms with Crippen LogP contribution < -0.4 is 0 Å². The van der Waals surface area contributed by atoms with E-state index in [0.29, 0.717) is 0 Å². The number of rotatable bonds is 2. The first kappa shape index (κ1) is 6.66. The smallest absolute Gasteiger partial charge is 0.00985 e. The summed E-state index contributed by atoms with van der Waals surface area (Å²) in [6.07, 6.45) is 5.86. The molecule has 2 fully saturated rings. The van der Waals surface area contributed by atoms with Crippen LogP contribution in [-0.2, 0) is 0 Å². The molecule has 0 spiro atoms. The van der Waals surface area contributed by atoms with Crippen LogP contribution in [0.25, 0.3) is 0 Å². The number of nitrogens with zero attached hydrogens (tertiary/aromatic N) is 1. The minimum Gasteiger partial charge on any atom is -0.300 e. The Kier molecular flexibility index (Phi) is 1.69. The number of piperidine rings is 1. The molecule has 0 amide bonds. The van der Waals surface area contributed by atoms with Gasteiger partial charge >= 0.3 is 0 Å². The Morgan fingerprint density at radius 3 is 2.80 bits per heavy atom. The van der Waals surface area contributed by atoms with Crippen LogP contribution in [0, 0.1) is 5.92 Å². The molecule has 58 valence electrons. The summed E-state index contributed by atoms with van der Waals surface area (Å²) in [5.74, 6) is 1.08. The van der Waals surface area contributed by atoms with E-state index in [-0.39, 0.29) is 0 Å². The zero-order chi connectivity index (χ0) is 6.97. The average molecular weight is 139 g/mol. The Morgan fingerprint density at radius 1 is 1.40 bits per heavy atom. The predicted octanol–water partition coefficient (Wildman–Crippen LogP) is 1.88. The molecule has 2 rings (SSSR count). The second-order valence-electron chi connectivity index (χ2n) is 3.83. The van der Waals surface area contributed by atoms with Gasteiger partial charge in [-0.25, -0.2) is 0 Å². The van der Waals surface area contributed by atoms with Crippen molar-refractivity contribution in [3.8, 4) is 0 Å². The van der Waals surface area contributed by atoms with Crippen LogP contribution in [0.15, 0.2) is 0 Å². The van der Waals surface area contributed by atoms with Crippen molar-refractivity contribution in [1.82, 2.24) is 4.90 Å². The first-order valence-corrected chi connectivity index (χ1v) is 4.64. The van der Waals surface area contributed by atoms with Crippen molar-refractivity contribution in [2.75, 3.05) is 13.1 Å². The van der Waals surface area contributed by atoms with Gasteiger partial charge in [-0.1, -0.05) is 6.92 Å². The molecule has 1 nitrogen and oxygen atoms in total. The Morgan fingerprint density at radius 2 is 2.30 bits per heavy atom. The SMILES string of the molecule is CCCN1CC2CCC1C2. The third-order valence-electron chi connectivity index (χ3n) is 3.03. The summed E-state index contributed by atoms with van der Waals surface area (Å²) in [6, 6.07) is 0.991. The van der Waals surface area contributed by atoms with Gasteiger partial charge in [0.05, 0.1) is 0 Å². The molecule has 2 aliphatic rings. The van der Waals surface area contributed by atoms with Crippen molar-refractivity contribution < 1.29 is 0 Å².